The highest BCUT2D eigenvalue weighted by atomic mass is 16.3. The third kappa shape index (κ3) is 7.74. The molecule has 0 amide bonds. The predicted octanol–water partition coefficient (Wildman–Crippen LogP) is 2.86. The van der Waals surface area contributed by atoms with Crippen LogP contribution in [0, 0.1) is 5.41 Å². The average molecular weight is 247 g/mol. The SMILES string of the molecule is C.CC.CCCCCN(CO)CC1(CO)CC1. The molecule has 0 aromatic rings. The second-order valence-electron chi connectivity index (χ2n) is 4.56. The molecule has 1 rings (SSSR count). The Morgan fingerprint density at radius 1 is 1.12 bits per heavy atom. The van der Waals surface area contributed by atoms with Gasteiger partial charge in [-0.2, -0.15) is 0 Å². The molecule has 0 unspecified atom stereocenters. The predicted molar refractivity (Wildman–Crippen MR) is 75.0 cm³/mol. The fourth-order valence-corrected chi connectivity index (χ4v) is 1.80. The van der Waals surface area contributed by atoms with Gasteiger partial charge in [-0.3, -0.25) is 4.90 Å². The zero-order chi connectivity index (χ0) is 12.4. The molecule has 0 radical (unpaired) electrons. The van der Waals surface area contributed by atoms with Crippen molar-refractivity contribution in [2.24, 2.45) is 5.41 Å². The van der Waals surface area contributed by atoms with Crippen LogP contribution >= 0.6 is 0 Å². The number of unbranched alkanes of at least 4 members (excludes halogenated alkanes) is 2. The maximum Gasteiger partial charge on any atom is 0.0956 e. The number of aliphatic hydroxyl groups excluding tert-OH is 2. The highest BCUT2D eigenvalue weighted by molar-refractivity contribution is 4.94. The molecule has 0 atom stereocenters. The van der Waals surface area contributed by atoms with Crippen molar-refractivity contribution < 1.29 is 10.2 Å². The molecule has 106 valence electrons. The molecule has 0 spiro atoms. The number of rotatable bonds is 8. The highest BCUT2D eigenvalue weighted by Gasteiger charge is 2.42. The summed E-state index contributed by atoms with van der Waals surface area (Å²) in [4.78, 5) is 2.05. The van der Waals surface area contributed by atoms with Crippen molar-refractivity contribution in [1.82, 2.24) is 4.90 Å². The number of hydrogen-bond acceptors (Lipinski definition) is 3. The van der Waals surface area contributed by atoms with Crippen LogP contribution in [0.2, 0.25) is 0 Å². The van der Waals surface area contributed by atoms with E-state index in [4.69, 9.17) is 10.2 Å². The van der Waals surface area contributed by atoms with Gasteiger partial charge in [-0.05, 0) is 19.3 Å². The standard InChI is InChI=1S/C11H23NO2.C2H6.CH4/c1-2-3-4-7-12(10-14)8-11(9-13)5-6-11;1-2;/h13-14H,2-10H2,1H3;1-2H3;1H4. The highest BCUT2D eigenvalue weighted by Crippen LogP contribution is 2.45. The van der Waals surface area contributed by atoms with Crippen molar-refractivity contribution in [2.75, 3.05) is 26.4 Å². The van der Waals surface area contributed by atoms with E-state index in [1.54, 1.807) is 0 Å². The monoisotopic (exact) mass is 247 g/mol. The normalized spacial score (nSPS) is 15.9. The number of aliphatic hydroxyl groups is 2. The van der Waals surface area contributed by atoms with Gasteiger partial charge < -0.3 is 10.2 Å². The molecule has 1 fully saturated rings. The van der Waals surface area contributed by atoms with Crippen LogP contribution in [0.4, 0.5) is 0 Å². The zero-order valence-corrected chi connectivity index (χ0v) is 11.2. The lowest BCUT2D eigenvalue weighted by Gasteiger charge is -2.24. The molecular formula is C14H33NO2. The summed E-state index contributed by atoms with van der Waals surface area (Å²) < 4.78 is 0. The summed E-state index contributed by atoms with van der Waals surface area (Å²) in [6, 6.07) is 0. The van der Waals surface area contributed by atoms with Gasteiger partial charge in [-0.25, -0.2) is 0 Å². The van der Waals surface area contributed by atoms with E-state index >= 15 is 0 Å². The minimum Gasteiger partial charge on any atom is -0.396 e. The molecule has 3 nitrogen and oxygen atoms in total. The molecule has 1 saturated carbocycles. The third-order valence-corrected chi connectivity index (χ3v) is 3.13. The van der Waals surface area contributed by atoms with Crippen molar-refractivity contribution in [3.63, 3.8) is 0 Å². The van der Waals surface area contributed by atoms with Crippen LogP contribution in [0.5, 0.6) is 0 Å². The largest absolute Gasteiger partial charge is 0.396 e. The zero-order valence-electron chi connectivity index (χ0n) is 11.2. The molecule has 3 heteroatoms. The van der Waals surface area contributed by atoms with Gasteiger partial charge in [0.2, 0.25) is 0 Å². The Morgan fingerprint density at radius 2 is 1.71 bits per heavy atom. The first-order valence-corrected chi connectivity index (χ1v) is 6.70. The van der Waals surface area contributed by atoms with Gasteiger partial charge in [0.15, 0.2) is 0 Å². The molecule has 0 saturated heterocycles. The van der Waals surface area contributed by atoms with Crippen molar-refractivity contribution in [3.05, 3.63) is 0 Å². The van der Waals surface area contributed by atoms with Gasteiger partial charge in [0.1, 0.15) is 0 Å². The summed E-state index contributed by atoms with van der Waals surface area (Å²) in [6.45, 7) is 8.41. The summed E-state index contributed by atoms with van der Waals surface area (Å²) in [7, 11) is 0. The molecule has 2 N–H and O–H groups in total. The molecule has 0 bridgehead atoms. The topological polar surface area (TPSA) is 43.7 Å². The lowest BCUT2D eigenvalue weighted by Crippen LogP contribution is -2.33. The maximum absolute atomic E-state index is 9.16. The number of hydrogen-bond donors (Lipinski definition) is 2. The third-order valence-electron chi connectivity index (χ3n) is 3.13. The Balaban J connectivity index is 0. The summed E-state index contributed by atoms with van der Waals surface area (Å²) >= 11 is 0. The minimum atomic E-state index is 0. The molecule has 1 aliphatic carbocycles. The van der Waals surface area contributed by atoms with Crippen LogP contribution in [-0.2, 0) is 0 Å². The first kappa shape index (κ1) is 19.2. The van der Waals surface area contributed by atoms with E-state index in [1.807, 2.05) is 13.8 Å². The van der Waals surface area contributed by atoms with Gasteiger partial charge in [0.25, 0.3) is 0 Å². The van der Waals surface area contributed by atoms with Gasteiger partial charge in [-0.15, -0.1) is 0 Å². The first-order chi connectivity index (χ1) is 7.76. The second-order valence-corrected chi connectivity index (χ2v) is 4.56. The summed E-state index contributed by atoms with van der Waals surface area (Å²) in [5, 5.41) is 18.3. The van der Waals surface area contributed by atoms with E-state index in [1.165, 1.54) is 12.8 Å². The van der Waals surface area contributed by atoms with E-state index in [-0.39, 0.29) is 26.2 Å². The molecule has 0 aromatic heterocycles. The van der Waals surface area contributed by atoms with E-state index < -0.39 is 0 Å². The number of nitrogens with zero attached hydrogens (tertiary/aromatic N) is 1. The summed E-state index contributed by atoms with van der Waals surface area (Å²) in [5.41, 5.74) is 0.134. The molecule has 0 aromatic carbocycles. The first-order valence-electron chi connectivity index (χ1n) is 6.70. The fourth-order valence-electron chi connectivity index (χ4n) is 1.80. The van der Waals surface area contributed by atoms with Crippen LogP contribution in [0.1, 0.15) is 60.3 Å². The summed E-state index contributed by atoms with van der Waals surface area (Å²) in [6.07, 6.45) is 5.83. The van der Waals surface area contributed by atoms with Crippen LogP contribution < -0.4 is 0 Å². The maximum atomic E-state index is 9.16. The van der Waals surface area contributed by atoms with Gasteiger partial charge in [0, 0.05) is 25.1 Å². The lowest BCUT2D eigenvalue weighted by molar-refractivity contribution is 0.0682. The van der Waals surface area contributed by atoms with Gasteiger partial charge in [0.05, 0.1) is 6.73 Å². The molecule has 1 aliphatic rings. The van der Waals surface area contributed by atoms with Crippen LogP contribution in [0.25, 0.3) is 0 Å². The van der Waals surface area contributed by atoms with E-state index in [0.29, 0.717) is 0 Å². The van der Waals surface area contributed by atoms with Crippen molar-refractivity contribution in [1.29, 1.82) is 0 Å². The van der Waals surface area contributed by atoms with Crippen LogP contribution in [0.15, 0.2) is 0 Å². The lowest BCUT2D eigenvalue weighted by atomic mass is 10.1. The Kier molecular flexibility index (Phi) is 12.4. The fraction of sp³-hybridized carbons (Fsp3) is 1.00. The minimum absolute atomic E-state index is 0. The van der Waals surface area contributed by atoms with Crippen LogP contribution in [-0.4, -0.2) is 41.5 Å². The quantitative estimate of drug-likeness (QED) is 0.512. The second kappa shape index (κ2) is 11.0. The molecular weight excluding hydrogens is 214 g/mol. The van der Waals surface area contributed by atoms with Crippen molar-refractivity contribution in [3.8, 4) is 0 Å². The smallest absolute Gasteiger partial charge is 0.0956 e. The van der Waals surface area contributed by atoms with Crippen molar-refractivity contribution >= 4 is 0 Å². The van der Waals surface area contributed by atoms with Crippen LogP contribution in [0.3, 0.4) is 0 Å². The molecule has 17 heavy (non-hydrogen) atoms. The van der Waals surface area contributed by atoms with Gasteiger partial charge in [-0.1, -0.05) is 41.0 Å². The average Bonchev–Trinajstić information content (AvgIpc) is 3.11. The Labute approximate surface area is 108 Å². The summed E-state index contributed by atoms with van der Waals surface area (Å²) in [5.74, 6) is 0. The van der Waals surface area contributed by atoms with E-state index in [9.17, 15) is 0 Å². The van der Waals surface area contributed by atoms with E-state index in [0.717, 1.165) is 32.4 Å². The molecule has 0 aliphatic heterocycles. The van der Waals surface area contributed by atoms with E-state index in [2.05, 4.69) is 11.8 Å². The molecule has 0 heterocycles. The Bertz CT molecular complexity index is 158. The van der Waals surface area contributed by atoms with Gasteiger partial charge >= 0.3 is 0 Å². The van der Waals surface area contributed by atoms with Crippen molar-refractivity contribution in [2.45, 2.75) is 60.3 Å². The Hall–Kier alpha value is -0.120. The Morgan fingerprint density at radius 3 is 2.06 bits per heavy atom.